The Balaban J connectivity index is 1.51. The van der Waals surface area contributed by atoms with Gasteiger partial charge in [-0.2, -0.15) is 0 Å². The zero-order valence-corrected chi connectivity index (χ0v) is 17.5. The molecule has 3 aromatic rings. The lowest BCUT2D eigenvalue weighted by molar-refractivity contribution is -0.137. The summed E-state index contributed by atoms with van der Waals surface area (Å²) in [5.74, 6) is -0.399. The quantitative estimate of drug-likeness (QED) is 0.574. The summed E-state index contributed by atoms with van der Waals surface area (Å²) in [6.45, 7) is 1.40. The molecule has 1 amide bonds. The Labute approximate surface area is 181 Å². The van der Waals surface area contributed by atoms with Crippen LogP contribution in [0.15, 0.2) is 54.6 Å². The monoisotopic (exact) mass is 417 g/mol. The highest BCUT2D eigenvalue weighted by Crippen LogP contribution is 2.29. The fraction of sp³-hybridized carbons (Fsp3) is 0.360. The first-order valence-electron chi connectivity index (χ1n) is 10.9. The van der Waals surface area contributed by atoms with E-state index in [-0.39, 0.29) is 12.3 Å². The molecular weight excluding hydrogens is 390 g/mol. The number of rotatable bonds is 7. The van der Waals surface area contributed by atoms with E-state index in [1.54, 1.807) is 0 Å². The normalized spacial score (nSPS) is 14.6. The zero-order chi connectivity index (χ0) is 21.6. The van der Waals surface area contributed by atoms with E-state index < -0.39 is 5.97 Å². The highest BCUT2D eigenvalue weighted by atomic mass is 16.4. The van der Waals surface area contributed by atoms with Crippen LogP contribution in [0.25, 0.3) is 11.0 Å². The Hall–Kier alpha value is -3.28. The molecule has 1 aliphatic heterocycles. The predicted molar refractivity (Wildman–Crippen MR) is 119 cm³/mol. The van der Waals surface area contributed by atoms with Crippen LogP contribution in [0.5, 0.6) is 0 Å². The minimum atomic E-state index is -0.804. The number of hydrogen-bond acceptors (Lipinski definition) is 4. The van der Waals surface area contributed by atoms with Gasteiger partial charge in [-0.1, -0.05) is 42.5 Å². The van der Waals surface area contributed by atoms with Crippen LogP contribution in [0.3, 0.4) is 0 Å². The molecule has 6 heteroatoms. The summed E-state index contributed by atoms with van der Waals surface area (Å²) < 4.78 is 0. The first-order chi connectivity index (χ1) is 15.1. The number of aryl methyl sites for hydroxylation is 1. The number of piperidine rings is 1. The summed E-state index contributed by atoms with van der Waals surface area (Å²) in [7, 11) is 0. The zero-order valence-electron chi connectivity index (χ0n) is 17.5. The minimum Gasteiger partial charge on any atom is -0.481 e. The predicted octanol–water partition coefficient (Wildman–Crippen LogP) is 4.45. The number of carboxylic acids is 1. The molecule has 2 aromatic carbocycles. The van der Waals surface area contributed by atoms with Gasteiger partial charge in [-0.05, 0) is 55.7 Å². The van der Waals surface area contributed by atoms with Gasteiger partial charge in [0.25, 0.3) is 5.91 Å². The van der Waals surface area contributed by atoms with Gasteiger partial charge in [-0.3, -0.25) is 9.59 Å². The molecule has 0 atom stereocenters. The van der Waals surface area contributed by atoms with Crippen molar-refractivity contribution >= 4 is 22.9 Å². The van der Waals surface area contributed by atoms with Crippen LogP contribution < -0.4 is 0 Å². The van der Waals surface area contributed by atoms with Gasteiger partial charge in [0.05, 0.1) is 16.7 Å². The van der Waals surface area contributed by atoms with Crippen molar-refractivity contribution in [3.05, 3.63) is 71.5 Å². The number of unbranched alkanes of at least 4 members (excludes halogenated alkanes) is 1. The lowest BCUT2D eigenvalue weighted by atomic mass is 9.89. The van der Waals surface area contributed by atoms with Crippen molar-refractivity contribution in [2.45, 2.75) is 44.4 Å². The maximum absolute atomic E-state index is 13.4. The average molecular weight is 418 g/mol. The summed E-state index contributed by atoms with van der Waals surface area (Å²) in [6, 6.07) is 18.0. The molecule has 1 N–H and O–H groups in total. The lowest BCUT2D eigenvalue weighted by Gasteiger charge is -2.32. The van der Waals surface area contributed by atoms with Crippen molar-refractivity contribution in [3.63, 3.8) is 0 Å². The third-order valence-electron chi connectivity index (χ3n) is 5.95. The summed E-state index contributed by atoms with van der Waals surface area (Å²) in [4.78, 5) is 35.5. The summed E-state index contributed by atoms with van der Waals surface area (Å²) in [5.41, 5.74) is 3.88. The number of nitrogens with zero attached hydrogens (tertiary/aromatic N) is 3. The first kappa shape index (κ1) is 21.0. The molecule has 4 rings (SSSR count). The molecular formula is C25H27N3O3. The van der Waals surface area contributed by atoms with E-state index >= 15 is 0 Å². The van der Waals surface area contributed by atoms with Crippen molar-refractivity contribution in [2.75, 3.05) is 13.1 Å². The van der Waals surface area contributed by atoms with E-state index in [2.05, 4.69) is 29.2 Å². The maximum atomic E-state index is 13.4. The average Bonchev–Trinajstić information content (AvgIpc) is 2.81. The van der Waals surface area contributed by atoms with E-state index in [1.165, 1.54) is 5.56 Å². The third kappa shape index (κ3) is 5.08. The van der Waals surface area contributed by atoms with Gasteiger partial charge in [0.2, 0.25) is 0 Å². The number of fused-ring (bicyclic) bond motifs is 1. The van der Waals surface area contributed by atoms with Gasteiger partial charge in [0, 0.05) is 19.5 Å². The smallest absolute Gasteiger partial charge is 0.303 e. The van der Waals surface area contributed by atoms with Crippen LogP contribution in [0, 0.1) is 0 Å². The van der Waals surface area contributed by atoms with Crippen molar-refractivity contribution in [1.82, 2.24) is 14.9 Å². The molecule has 1 aromatic heterocycles. The lowest BCUT2D eigenvalue weighted by Crippen LogP contribution is -2.39. The number of benzene rings is 2. The molecule has 1 fully saturated rings. The number of amides is 1. The van der Waals surface area contributed by atoms with Gasteiger partial charge in [0.15, 0.2) is 5.69 Å². The molecule has 6 nitrogen and oxygen atoms in total. The topological polar surface area (TPSA) is 83.4 Å². The minimum absolute atomic E-state index is 0.0713. The van der Waals surface area contributed by atoms with E-state index in [0.717, 1.165) is 18.4 Å². The van der Waals surface area contributed by atoms with Gasteiger partial charge >= 0.3 is 5.97 Å². The molecule has 0 spiro atoms. The second-order valence-electron chi connectivity index (χ2n) is 8.09. The van der Waals surface area contributed by atoms with Crippen molar-refractivity contribution < 1.29 is 14.7 Å². The number of para-hydroxylation sites is 2. The van der Waals surface area contributed by atoms with Crippen molar-refractivity contribution in [2.24, 2.45) is 0 Å². The number of carbonyl (C=O) groups is 2. The van der Waals surface area contributed by atoms with Crippen LogP contribution in [-0.4, -0.2) is 44.9 Å². The third-order valence-corrected chi connectivity index (χ3v) is 5.95. The highest BCUT2D eigenvalue weighted by molar-refractivity contribution is 5.95. The Morgan fingerprint density at radius 1 is 0.903 bits per heavy atom. The van der Waals surface area contributed by atoms with Gasteiger partial charge < -0.3 is 10.0 Å². The number of hydrogen-bond donors (Lipinski definition) is 1. The van der Waals surface area contributed by atoms with Crippen LogP contribution >= 0.6 is 0 Å². The van der Waals surface area contributed by atoms with E-state index in [1.807, 2.05) is 35.2 Å². The van der Waals surface area contributed by atoms with E-state index in [9.17, 15) is 9.59 Å². The number of carboxylic acid groups (broad SMARTS) is 1. The number of aromatic nitrogens is 2. The second-order valence-corrected chi connectivity index (χ2v) is 8.09. The van der Waals surface area contributed by atoms with Gasteiger partial charge in [-0.25, -0.2) is 9.97 Å². The summed E-state index contributed by atoms with van der Waals surface area (Å²) >= 11 is 0. The van der Waals surface area contributed by atoms with E-state index in [4.69, 9.17) is 10.1 Å². The Morgan fingerprint density at radius 3 is 2.23 bits per heavy atom. The Bertz CT molecular complexity index is 1060. The van der Waals surface area contributed by atoms with Crippen LogP contribution in [0.4, 0.5) is 0 Å². The standard InChI is InChI=1S/C25H27N3O3/c29-23(30)13-7-6-12-22-24(27-21-11-5-4-10-20(21)26-22)25(31)28-16-14-19(15-17-28)18-8-2-1-3-9-18/h1-5,8-11,19H,6-7,12-17H2,(H,29,30). The van der Waals surface area contributed by atoms with E-state index in [0.29, 0.717) is 55.2 Å². The number of carbonyl (C=O) groups excluding carboxylic acids is 1. The van der Waals surface area contributed by atoms with Crippen molar-refractivity contribution in [3.8, 4) is 0 Å². The fourth-order valence-corrected chi connectivity index (χ4v) is 4.24. The van der Waals surface area contributed by atoms with Crippen molar-refractivity contribution in [1.29, 1.82) is 0 Å². The van der Waals surface area contributed by atoms with Crippen LogP contribution in [0.1, 0.15) is 59.8 Å². The largest absolute Gasteiger partial charge is 0.481 e. The maximum Gasteiger partial charge on any atom is 0.303 e. The molecule has 31 heavy (non-hydrogen) atoms. The molecule has 160 valence electrons. The molecule has 0 radical (unpaired) electrons. The van der Waals surface area contributed by atoms with Gasteiger partial charge in [-0.15, -0.1) is 0 Å². The number of likely N-dealkylation sites (tertiary alicyclic amines) is 1. The highest BCUT2D eigenvalue weighted by Gasteiger charge is 2.27. The molecule has 0 unspecified atom stereocenters. The first-order valence-corrected chi connectivity index (χ1v) is 10.9. The summed E-state index contributed by atoms with van der Waals surface area (Å²) in [5, 5.41) is 8.88. The van der Waals surface area contributed by atoms with Crippen LogP contribution in [-0.2, 0) is 11.2 Å². The molecule has 0 saturated carbocycles. The molecule has 2 heterocycles. The molecule has 1 aliphatic rings. The van der Waals surface area contributed by atoms with Gasteiger partial charge in [0.1, 0.15) is 0 Å². The molecule has 1 saturated heterocycles. The SMILES string of the molecule is O=C(O)CCCCc1nc2ccccc2nc1C(=O)N1CCC(c2ccccc2)CC1. The van der Waals surface area contributed by atoms with Crippen LogP contribution in [0.2, 0.25) is 0 Å². The Morgan fingerprint density at radius 2 is 1.55 bits per heavy atom. The fourth-order valence-electron chi connectivity index (χ4n) is 4.24. The Kier molecular flexibility index (Phi) is 6.55. The number of aliphatic carboxylic acids is 1. The molecule has 0 bridgehead atoms. The summed E-state index contributed by atoms with van der Waals surface area (Å²) in [6.07, 6.45) is 3.76. The molecule has 0 aliphatic carbocycles. The second kappa shape index (κ2) is 9.69.